The molecule has 7 heteroatoms. The van der Waals surface area contributed by atoms with E-state index >= 15 is 0 Å². The van der Waals surface area contributed by atoms with E-state index in [-0.39, 0.29) is 11.2 Å². The van der Waals surface area contributed by atoms with Crippen LogP contribution in [-0.4, -0.2) is 19.4 Å². The molecule has 0 aliphatic heterocycles. The van der Waals surface area contributed by atoms with E-state index in [0.717, 1.165) is 4.57 Å². The molecule has 2 rings (SSSR count). The zero-order valence-electron chi connectivity index (χ0n) is 7.01. The lowest BCUT2D eigenvalue weighted by atomic mass is 10.5. The maximum atomic E-state index is 11.3. The van der Waals surface area contributed by atoms with Crippen LogP contribution in [0.1, 0.15) is 0 Å². The molecule has 2 aromatic heterocycles. The minimum Gasteiger partial charge on any atom is -0.276 e. The normalized spacial score (nSPS) is 10.9. The van der Waals surface area contributed by atoms with Gasteiger partial charge in [-0.1, -0.05) is 0 Å². The number of nitrogens with zero attached hydrogens (tertiary/aromatic N) is 4. The minimum absolute atomic E-state index is 0.0598. The third-order valence-electron chi connectivity index (χ3n) is 1.87. The van der Waals surface area contributed by atoms with Gasteiger partial charge in [-0.3, -0.25) is 13.9 Å². The van der Waals surface area contributed by atoms with Crippen LogP contribution in [0.5, 0.6) is 0 Å². The molecule has 0 unspecified atom stereocenters. The average molecular weight is 183 g/mol. The largest absolute Gasteiger partial charge is 0.332 e. The number of fused-ring (bicyclic) bond motifs is 1. The molecule has 0 saturated heterocycles. The van der Waals surface area contributed by atoms with Crippen LogP contribution in [-0.2, 0) is 14.1 Å². The van der Waals surface area contributed by atoms with Crippen molar-refractivity contribution in [1.29, 1.82) is 0 Å². The molecule has 0 aromatic carbocycles. The van der Waals surface area contributed by atoms with E-state index < -0.39 is 11.2 Å². The Bertz CT molecular complexity index is 576. The van der Waals surface area contributed by atoms with Gasteiger partial charge in [-0.2, -0.15) is 0 Å². The molecule has 0 radical (unpaired) electrons. The summed E-state index contributed by atoms with van der Waals surface area (Å²) < 4.78 is 6.52. The van der Waals surface area contributed by atoms with Gasteiger partial charge in [0.05, 0.1) is 0 Å². The Kier molecular flexibility index (Phi) is 1.35. The molecule has 0 aliphatic carbocycles. The van der Waals surface area contributed by atoms with Gasteiger partial charge < -0.3 is 0 Å². The van der Waals surface area contributed by atoms with Gasteiger partial charge >= 0.3 is 5.69 Å². The molecule has 68 valence electrons. The van der Waals surface area contributed by atoms with E-state index in [1.807, 2.05) is 0 Å². The Morgan fingerprint density at radius 2 is 1.85 bits per heavy atom. The zero-order chi connectivity index (χ0) is 9.59. The van der Waals surface area contributed by atoms with Crippen molar-refractivity contribution in [2.75, 3.05) is 0 Å². The average Bonchev–Trinajstić information content (AvgIpc) is 2.59. The molecule has 0 bridgehead atoms. The first-order chi connectivity index (χ1) is 6.13. The van der Waals surface area contributed by atoms with Crippen LogP contribution in [0.4, 0.5) is 0 Å². The lowest BCUT2D eigenvalue weighted by molar-refractivity contribution is 0.313. The van der Waals surface area contributed by atoms with E-state index in [0.29, 0.717) is 0 Å². The van der Waals surface area contributed by atoms with Crippen molar-refractivity contribution in [3.63, 3.8) is 0 Å². The summed E-state index contributed by atoms with van der Waals surface area (Å²) in [6.45, 7) is 0. The van der Waals surface area contributed by atoms with E-state index in [1.54, 1.807) is 0 Å². The van der Waals surface area contributed by atoms with Crippen molar-refractivity contribution in [2.24, 2.45) is 14.1 Å². The predicted molar refractivity (Wildman–Crippen MR) is 42.3 cm³/mol. The van der Waals surface area contributed by atoms with Crippen molar-refractivity contribution >= 4 is 11.2 Å². The van der Waals surface area contributed by atoms with Gasteiger partial charge in [0.1, 0.15) is 0 Å². The van der Waals surface area contributed by atoms with Crippen molar-refractivity contribution in [3.8, 4) is 0 Å². The number of aromatic nitrogens is 4. The summed E-state index contributed by atoms with van der Waals surface area (Å²) in [4.78, 5) is 22.7. The Labute approximate surface area is 71.2 Å². The summed E-state index contributed by atoms with van der Waals surface area (Å²) in [5, 5.41) is 6.85. The molecule has 7 nitrogen and oxygen atoms in total. The zero-order valence-corrected chi connectivity index (χ0v) is 7.01. The summed E-state index contributed by atoms with van der Waals surface area (Å²) in [6.07, 6.45) is 0. The number of aryl methyl sites for hydroxylation is 1. The van der Waals surface area contributed by atoms with E-state index in [4.69, 9.17) is 0 Å². The van der Waals surface area contributed by atoms with Gasteiger partial charge in [0.25, 0.3) is 5.56 Å². The fourth-order valence-corrected chi connectivity index (χ4v) is 1.10. The molecule has 0 N–H and O–H groups in total. The van der Waals surface area contributed by atoms with Crippen LogP contribution < -0.4 is 11.2 Å². The van der Waals surface area contributed by atoms with Crippen LogP contribution in [0.2, 0.25) is 0 Å². The molecule has 0 spiro atoms. The fraction of sp³-hybridized carbons (Fsp3) is 0.333. The lowest BCUT2D eigenvalue weighted by Gasteiger charge is -1.98. The fourth-order valence-electron chi connectivity index (χ4n) is 1.10. The van der Waals surface area contributed by atoms with Gasteiger partial charge in [0, 0.05) is 14.1 Å². The number of hydrogen-bond acceptors (Lipinski definition) is 5. The Hall–Kier alpha value is -1.92. The summed E-state index contributed by atoms with van der Waals surface area (Å²) in [5.74, 6) is 0. The van der Waals surface area contributed by atoms with E-state index in [9.17, 15) is 9.59 Å². The first kappa shape index (κ1) is 7.71. The summed E-state index contributed by atoms with van der Waals surface area (Å²) in [6, 6.07) is 0. The van der Waals surface area contributed by atoms with Gasteiger partial charge in [0.15, 0.2) is 0 Å². The first-order valence-corrected chi connectivity index (χ1v) is 3.51. The molecule has 2 aromatic rings. The van der Waals surface area contributed by atoms with Gasteiger partial charge in [-0.15, -0.1) is 0 Å². The van der Waals surface area contributed by atoms with Crippen LogP contribution in [0.3, 0.4) is 0 Å². The molecular weight excluding hydrogens is 177 g/mol. The second-order valence-corrected chi connectivity index (χ2v) is 2.64. The van der Waals surface area contributed by atoms with Gasteiger partial charge in [-0.25, -0.2) is 9.42 Å². The van der Waals surface area contributed by atoms with Crippen LogP contribution in [0.25, 0.3) is 11.2 Å². The third kappa shape index (κ3) is 0.835. The van der Waals surface area contributed by atoms with Gasteiger partial charge in [-0.05, 0) is 10.3 Å². The maximum absolute atomic E-state index is 11.3. The highest BCUT2D eigenvalue weighted by atomic mass is 16.7. The topological polar surface area (TPSA) is 82.9 Å². The molecule has 0 amide bonds. The Morgan fingerprint density at radius 1 is 1.15 bits per heavy atom. The SMILES string of the molecule is Cn1c(=O)c2[15n]onc2n(C)c1=O. The predicted octanol–water partition coefficient (Wildman–Crippen LogP) is -1.38. The van der Waals surface area contributed by atoms with Crippen molar-refractivity contribution < 1.29 is 4.63 Å². The highest BCUT2D eigenvalue weighted by Gasteiger charge is 2.12. The third-order valence-corrected chi connectivity index (χ3v) is 1.87. The molecular formula is C6H6N4O3. The van der Waals surface area contributed by atoms with Crippen LogP contribution >= 0.6 is 0 Å². The maximum Gasteiger partial charge on any atom is 0.332 e. The molecule has 0 fully saturated rings. The van der Waals surface area contributed by atoms with Crippen molar-refractivity contribution in [1.82, 2.24) is 19.4 Å². The summed E-state index contributed by atoms with van der Waals surface area (Å²) in [7, 11) is 2.87. The molecule has 0 aliphatic rings. The van der Waals surface area contributed by atoms with E-state index in [2.05, 4.69) is 14.9 Å². The summed E-state index contributed by atoms with van der Waals surface area (Å²) >= 11 is 0. The quantitative estimate of drug-likeness (QED) is 0.502. The molecule has 2 heterocycles. The van der Waals surface area contributed by atoms with Gasteiger partial charge in [0.2, 0.25) is 11.2 Å². The van der Waals surface area contributed by atoms with Crippen molar-refractivity contribution in [2.45, 2.75) is 0 Å². The van der Waals surface area contributed by atoms with Crippen LogP contribution in [0.15, 0.2) is 14.2 Å². The van der Waals surface area contributed by atoms with Crippen molar-refractivity contribution in [3.05, 3.63) is 20.8 Å². The Balaban J connectivity index is 3.21. The highest BCUT2D eigenvalue weighted by molar-refractivity contribution is 5.66. The van der Waals surface area contributed by atoms with E-state index in [1.165, 1.54) is 18.7 Å². The highest BCUT2D eigenvalue weighted by Crippen LogP contribution is 1.97. The summed E-state index contributed by atoms with van der Waals surface area (Å²) in [5.41, 5.74) is -0.731. The molecule has 0 atom stereocenters. The Morgan fingerprint density at radius 3 is 2.54 bits per heavy atom. The second-order valence-electron chi connectivity index (χ2n) is 2.64. The number of rotatable bonds is 0. The molecule has 0 saturated carbocycles. The first-order valence-electron chi connectivity index (χ1n) is 3.51. The number of hydrogen-bond donors (Lipinski definition) is 0. The smallest absolute Gasteiger partial charge is 0.276 e. The molecule has 13 heavy (non-hydrogen) atoms. The lowest BCUT2D eigenvalue weighted by Crippen LogP contribution is -2.36. The van der Waals surface area contributed by atoms with Crippen LogP contribution in [0, 0.1) is 0 Å². The minimum atomic E-state index is -0.501. The standard InChI is InChI=1S/C6H6N4O3/c1-9-4-3(7-13-8-4)5(11)10(2)6(9)12/h1-2H3/i7+1. The monoisotopic (exact) mass is 183 g/mol. The second kappa shape index (κ2) is 2.28.